The molecule has 3 rings (SSSR count). The number of nitrogens with zero attached hydrogens (tertiary/aromatic N) is 4. The van der Waals surface area contributed by atoms with Crippen molar-refractivity contribution in [1.82, 2.24) is 20.2 Å². The summed E-state index contributed by atoms with van der Waals surface area (Å²) in [6, 6.07) is 8.99. The van der Waals surface area contributed by atoms with E-state index in [9.17, 15) is 0 Å². The number of aromatic nitrogens is 4. The Morgan fingerprint density at radius 3 is 2.94 bits per heavy atom. The van der Waals surface area contributed by atoms with Crippen LogP contribution in [0, 0.1) is 6.92 Å². The highest BCUT2D eigenvalue weighted by molar-refractivity contribution is 7.98. The predicted molar refractivity (Wildman–Crippen MR) is 66.8 cm³/mol. The van der Waals surface area contributed by atoms with E-state index in [1.807, 2.05) is 4.68 Å². The molecule has 1 fully saturated rings. The van der Waals surface area contributed by atoms with Gasteiger partial charge >= 0.3 is 0 Å². The van der Waals surface area contributed by atoms with Crippen LogP contribution in [0.15, 0.2) is 29.4 Å². The van der Waals surface area contributed by atoms with Gasteiger partial charge in [0.1, 0.15) is 0 Å². The topological polar surface area (TPSA) is 43.6 Å². The maximum atomic E-state index is 4.09. The number of thioether (sulfide) groups is 1. The molecule has 88 valence electrons. The lowest BCUT2D eigenvalue weighted by molar-refractivity contribution is 0.565. The molecule has 0 saturated heterocycles. The number of hydrogen-bond acceptors (Lipinski definition) is 4. The standard InChI is InChI=1S/C12H14N4S/c1-9-4-2-3-5-10(9)8-17-12-13-14-15-16(12)11-6-7-11/h2-5,11H,6-8H2,1H3. The van der Waals surface area contributed by atoms with Crippen LogP contribution in [0.5, 0.6) is 0 Å². The van der Waals surface area contributed by atoms with Crippen molar-refractivity contribution in [1.29, 1.82) is 0 Å². The van der Waals surface area contributed by atoms with Gasteiger partial charge in [-0.2, -0.15) is 0 Å². The van der Waals surface area contributed by atoms with Crippen LogP contribution in [0.25, 0.3) is 0 Å². The molecule has 2 aromatic rings. The molecular weight excluding hydrogens is 232 g/mol. The Hall–Kier alpha value is -1.36. The molecule has 0 aliphatic heterocycles. The molecule has 1 heterocycles. The Labute approximate surface area is 104 Å². The summed E-state index contributed by atoms with van der Waals surface area (Å²) in [4.78, 5) is 0. The molecule has 1 saturated carbocycles. The average Bonchev–Trinajstić information content (AvgIpc) is 3.08. The second-order valence-corrected chi connectivity index (χ2v) is 5.29. The number of benzene rings is 1. The van der Waals surface area contributed by atoms with Crippen LogP contribution >= 0.6 is 11.8 Å². The van der Waals surface area contributed by atoms with Gasteiger partial charge < -0.3 is 0 Å². The molecule has 1 aromatic heterocycles. The molecule has 0 unspecified atom stereocenters. The van der Waals surface area contributed by atoms with Crippen LogP contribution in [0.1, 0.15) is 30.0 Å². The van der Waals surface area contributed by atoms with Gasteiger partial charge in [0.2, 0.25) is 5.16 Å². The van der Waals surface area contributed by atoms with Crippen LogP contribution < -0.4 is 0 Å². The monoisotopic (exact) mass is 246 g/mol. The molecule has 1 aromatic carbocycles. The van der Waals surface area contributed by atoms with Gasteiger partial charge in [-0.1, -0.05) is 36.0 Å². The van der Waals surface area contributed by atoms with Gasteiger partial charge in [-0.3, -0.25) is 0 Å². The van der Waals surface area contributed by atoms with Gasteiger partial charge in [0.25, 0.3) is 0 Å². The van der Waals surface area contributed by atoms with Gasteiger partial charge in [0.05, 0.1) is 6.04 Å². The van der Waals surface area contributed by atoms with Crippen molar-refractivity contribution in [3.8, 4) is 0 Å². The Morgan fingerprint density at radius 2 is 2.18 bits per heavy atom. The fraction of sp³-hybridized carbons (Fsp3) is 0.417. The maximum Gasteiger partial charge on any atom is 0.209 e. The lowest BCUT2D eigenvalue weighted by Crippen LogP contribution is -1.99. The second kappa shape index (κ2) is 4.49. The summed E-state index contributed by atoms with van der Waals surface area (Å²) < 4.78 is 1.96. The summed E-state index contributed by atoms with van der Waals surface area (Å²) in [6.07, 6.45) is 2.42. The van der Waals surface area contributed by atoms with E-state index in [0.29, 0.717) is 6.04 Å². The Kier molecular flexibility index (Phi) is 2.84. The van der Waals surface area contributed by atoms with E-state index in [-0.39, 0.29) is 0 Å². The van der Waals surface area contributed by atoms with Gasteiger partial charge in [0, 0.05) is 5.75 Å². The highest BCUT2D eigenvalue weighted by atomic mass is 32.2. The van der Waals surface area contributed by atoms with E-state index in [2.05, 4.69) is 46.7 Å². The number of aryl methyl sites for hydroxylation is 1. The SMILES string of the molecule is Cc1ccccc1CSc1nnnn1C1CC1. The summed E-state index contributed by atoms with van der Waals surface area (Å²) in [5.41, 5.74) is 2.67. The molecule has 4 nitrogen and oxygen atoms in total. The van der Waals surface area contributed by atoms with Gasteiger partial charge in [-0.15, -0.1) is 5.10 Å². The van der Waals surface area contributed by atoms with Gasteiger partial charge in [-0.05, 0) is 41.3 Å². The summed E-state index contributed by atoms with van der Waals surface area (Å²) >= 11 is 1.72. The summed E-state index contributed by atoms with van der Waals surface area (Å²) in [7, 11) is 0. The number of hydrogen-bond donors (Lipinski definition) is 0. The normalized spacial score (nSPS) is 15.1. The molecule has 0 N–H and O–H groups in total. The van der Waals surface area contributed by atoms with Crippen LogP contribution in [0.4, 0.5) is 0 Å². The average molecular weight is 246 g/mol. The van der Waals surface area contributed by atoms with Crippen molar-refractivity contribution in [2.24, 2.45) is 0 Å². The highest BCUT2D eigenvalue weighted by Gasteiger charge is 2.27. The van der Waals surface area contributed by atoms with Crippen molar-refractivity contribution in [3.63, 3.8) is 0 Å². The van der Waals surface area contributed by atoms with E-state index >= 15 is 0 Å². The number of rotatable bonds is 4. The largest absolute Gasteiger partial charge is 0.217 e. The summed E-state index contributed by atoms with van der Waals surface area (Å²) in [5, 5.41) is 12.8. The van der Waals surface area contributed by atoms with Crippen molar-refractivity contribution in [2.75, 3.05) is 0 Å². The van der Waals surface area contributed by atoms with E-state index < -0.39 is 0 Å². The van der Waals surface area contributed by atoms with Gasteiger partial charge in [0.15, 0.2) is 0 Å². The van der Waals surface area contributed by atoms with Crippen molar-refractivity contribution in [3.05, 3.63) is 35.4 Å². The fourth-order valence-electron chi connectivity index (χ4n) is 1.74. The molecule has 0 atom stereocenters. The van der Waals surface area contributed by atoms with Crippen LogP contribution in [-0.2, 0) is 5.75 Å². The summed E-state index contributed by atoms with van der Waals surface area (Å²) in [6.45, 7) is 2.14. The lowest BCUT2D eigenvalue weighted by Gasteiger charge is -2.05. The van der Waals surface area contributed by atoms with Crippen LogP contribution in [0.3, 0.4) is 0 Å². The highest BCUT2D eigenvalue weighted by Crippen LogP contribution is 2.36. The lowest BCUT2D eigenvalue weighted by atomic mass is 10.1. The van der Waals surface area contributed by atoms with Crippen molar-refractivity contribution >= 4 is 11.8 Å². The Bertz CT molecular complexity index is 519. The first kappa shape index (κ1) is 10.8. The Balaban J connectivity index is 1.71. The minimum atomic E-state index is 0.546. The van der Waals surface area contributed by atoms with E-state index in [1.165, 1.54) is 24.0 Å². The minimum Gasteiger partial charge on any atom is -0.217 e. The first-order valence-electron chi connectivity index (χ1n) is 5.80. The van der Waals surface area contributed by atoms with Gasteiger partial charge in [-0.25, -0.2) is 4.68 Å². The molecule has 1 aliphatic rings. The van der Waals surface area contributed by atoms with E-state index in [0.717, 1.165) is 10.9 Å². The Morgan fingerprint density at radius 1 is 1.35 bits per heavy atom. The smallest absolute Gasteiger partial charge is 0.209 e. The zero-order valence-corrected chi connectivity index (χ0v) is 10.5. The maximum absolute atomic E-state index is 4.09. The van der Waals surface area contributed by atoms with Crippen LogP contribution in [-0.4, -0.2) is 20.2 Å². The third kappa shape index (κ3) is 2.34. The van der Waals surface area contributed by atoms with E-state index in [4.69, 9.17) is 0 Å². The third-order valence-corrected chi connectivity index (χ3v) is 3.96. The van der Waals surface area contributed by atoms with Crippen molar-refractivity contribution in [2.45, 2.75) is 36.7 Å². The second-order valence-electron chi connectivity index (χ2n) is 4.35. The molecule has 0 spiro atoms. The molecule has 0 radical (unpaired) electrons. The molecule has 0 bridgehead atoms. The molecule has 5 heteroatoms. The first-order valence-corrected chi connectivity index (χ1v) is 6.78. The molecule has 17 heavy (non-hydrogen) atoms. The fourth-order valence-corrected chi connectivity index (χ4v) is 2.76. The van der Waals surface area contributed by atoms with E-state index in [1.54, 1.807) is 11.8 Å². The quantitative estimate of drug-likeness (QED) is 0.778. The number of tetrazole rings is 1. The molecule has 1 aliphatic carbocycles. The van der Waals surface area contributed by atoms with Crippen LogP contribution in [0.2, 0.25) is 0 Å². The van der Waals surface area contributed by atoms with Crippen molar-refractivity contribution < 1.29 is 0 Å². The third-order valence-electron chi connectivity index (χ3n) is 2.97. The zero-order chi connectivity index (χ0) is 11.7. The molecule has 0 amide bonds. The zero-order valence-electron chi connectivity index (χ0n) is 9.71. The predicted octanol–water partition coefficient (Wildman–Crippen LogP) is 2.61. The molecular formula is C12H14N4S. The summed E-state index contributed by atoms with van der Waals surface area (Å²) in [5.74, 6) is 0.930. The minimum absolute atomic E-state index is 0.546. The first-order chi connectivity index (χ1) is 8.34.